The minimum absolute atomic E-state index is 0.228. The lowest BCUT2D eigenvalue weighted by Crippen LogP contribution is -2.39. The third-order valence-corrected chi connectivity index (χ3v) is 5.29. The summed E-state index contributed by atoms with van der Waals surface area (Å²) in [4.78, 5) is 4.44. The zero-order valence-electron chi connectivity index (χ0n) is 12.6. The van der Waals surface area contributed by atoms with Gasteiger partial charge in [0, 0.05) is 21.8 Å². The fourth-order valence-electron chi connectivity index (χ4n) is 3.22. The molecule has 0 saturated carbocycles. The molecule has 1 aromatic heterocycles. The first-order valence-electron chi connectivity index (χ1n) is 7.59. The minimum atomic E-state index is 0.228. The smallest absolute Gasteiger partial charge is 0.0954 e. The average molecular weight is 348 g/mol. The number of aromatic nitrogens is 2. The fourth-order valence-corrected chi connectivity index (χ4v) is 3.48. The van der Waals surface area contributed by atoms with Crippen LogP contribution in [-0.4, -0.2) is 22.6 Å². The molecule has 1 saturated heterocycles. The van der Waals surface area contributed by atoms with Gasteiger partial charge in [-0.2, -0.15) is 0 Å². The molecule has 1 unspecified atom stereocenters. The van der Waals surface area contributed by atoms with E-state index in [0.717, 1.165) is 17.6 Å². The van der Waals surface area contributed by atoms with Crippen molar-refractivity contribution in [2.24, 2.45) is 0 Å². The van der Waals surface area contributed by atoms with Gasteiger partial charge in [0.1, 0.15) is 0 Å². The van der Waals surface area contributed by atoms with Gasteiger partial charge in [0.2, 0.25) is 0 Å². The van der Waals surface area contributed by atoms with E-state index in [1.165, 1.54) is 24.1 Å². The van der Waals surface area contributed by atoms with Crippen LogP contribution in [0.3, 0.4) is 0 Å². The third kappa shape index (κ3) is 2.92. The van der Waals surface area contributed by atoms with Gasteiger partial charge in [-0.05, 0) is 50.6 Å². The van der Waals surface area contributed by atoms with Crippen LogP contribution in [0, 0.1) is 0 Å². The molecule has 0 radical (unpaired) electrons. The van der Waals surface area contributed by atoms with Gasteiger partial charge in [-0.1, -0.05) is 35.0 Å². The first-order valence-corrected chi connectivity index (χ1v) is 8.38. The second-order valence-corrected chi connectivity index (χ2v) is 7.14. The van der Waals surface area contributed by atoms with E-state index >= 15 is 0 Å². The number of nitrogens with one attached hydrogen (secondary N) is 1. The molecule has 0 aliphatic carbocycles. The van der Waals surface area contributed by atoms with Crippen LogP contribution < -0.4 is 5.32 Å². The molecule has 3 rings (SSSR count). The molecule has 2 heterocycles. The zero-order chi connectivity index (χ0) is 14.9. The van der Waals surface area contributed by atoms with Gasteiger partial charge in [0.15, 0.2) is 0 Å². The number of rotatable bonds is 3. The van der Waals surface area contributed by atoms with Crippen LogP contribution in [0.25, 0.3) is 0 Å². The lowest BCUT2D eigenvalue weighted by atomic mass is 9.78. The van der Waals surface area contributed by atoms with Crippen molar-refractivity contribution in [1.82, 2.24) is 14.9 Å². The van der Waals surface area contributed by atoms with E-state index in [0.29, 0.717) is 6.04 Å². The molecule has 2 aromatic rings. The molecule has 1 N–H and O–H groups in total. The van der Waals surface area contributed by atoms with Gasteiger partial charge < -0.3 is 9.88 Å². The van der Waals surface area contributed by atoms with Gasteiger partial charge in [0.05, 0.1) is 12.4 Å². The molecule has 1 aliphatic heterocycles. The monoisotopic (exact) mass is 347 g/mol. The van der Waals surface area contributed by atoms with E-state index < -0.39 is 0 Å². The van der Waals surface area contributed by atoms with Gasteiger partial charge >= 0.3 is 0 Å². The Morgan fingerprint density at radius 2 is 1.90 bits per heavy atom. The highest BCUT2D eigenvalue weighted by Gasteiger charge is 2.32. The van der Waals surface area contributed by atoms with Crippen LogP contribution in [-0.2, 0) is 5.41 Å². The van der Waals surface area contributed by atoms with Crippen molar-refractivity contribution < 1.29 is 0 Å². The van der Waals surface area contributed by atoms with Gasteiger partial charge in [-0.25, -0.2) is 4.98 Å². The van der Waals surface area contributed by atoms with Crippen molar-refractivity contribution >= 4 is 15.9 Å². The van der Waals surface area contributed by atoms with Gasteiger partial charge in [0.25, 0.3) is 0 Å². The second-order valence-electron chi connectivity index (χ2n) is 6.22. The molecule has 1 aromatic carbocycles. The second kappa shape index (κ2) is 5.93. The Labute approximate surface area is 134 Å². The number of benzene rings is 1. The quantitative estimate of drug-likeness (QED) is 0.912. The number of imidazole rings is 1. The van der Waals surface area contributed by atoms with Crippen LogP contribution >= 0.6 is 15.9 Å². The Morgan fingerprint density at radius 3 is 2.57 bits per heavy atom. The maximum absolute atomic E-state index is 4.44. The predicted octanol–water partition coefficient (Wildman–Crippen LogP) is 3.90. The van der Waals surface area contributed by atoms with Crippen molar-refractivity contribution in [2.75, 3.05) is 13.1 Å². The molecular formula is C17H22BrN3. The molecule has 21 heavy (non-hydrogen) atoms. The Hall–Kier alpha value is -1.13. The lowest BCUT2D eigenvalue weighted by Gasteiger charge is -2.35. The maximum atomic E-state index is 4.44. The molecule has 3 nitrogen and oxygen atoms in total. The van der Waals surface area contributed by atoms with Crippen molar-refractivity contribution in [1.29, 1.82) is 0 Å². The fraction of sp³-hybridized carbons (Fsp3) is 0.471. The molecule has 1 atom stereocenters. The normalized spacial score (nSPS) is 19.4. The molecule has 1 fully saturated rings. The predicted molar refractivity (Wildman–Crippen MR) is 89.6 cm³/mol. The summed E-state index contributed by atoms with van der Waals surface area (Å²) < 4.78 is 3.46. The third-order valence-electron chi connectivity index (χ3n) is 4.76. The zero-order valence-corrected chi connectivity index (χ0v) is 14.2. The van der Waals surface area contributed by atoms with Crippen LogP contribution in [0.15, 0.2) is 41.3 Å². The lowest BCUT2D eigenvalue weighted by molar-refractivity contribution is 0.314. The molecule has 0 spiro atoms. The topological polar surface area (TPSA) is 29.9 Å². The molecule has 112 valence electrons. The Kier molecular flexibility index (Phi) is 4.18. The van der Waals surface area contributed by atoms with E-state index in [1.807, 2.05) is 6.33 Å². The summed E-state index contributed by atoms with van der Waals surface area (Å²) >= 11 is 3.50. The Morgan fingerprint density at radius 1 is 1.24 bits per heavy atom. The van der Waals surface area contributed by atoms with Crippen molar-refractivity contribution in [3.8, 4) is 0 Å². The molecule has 0 amide bonds. The van der Waals surface area contributed by atoms with Crippen LogP contribution in [0.1, 0.15) is 44.0 Å². The van der Waals surface area contributed by atoms with E-state index in [-0.39, 0.29) is 5.41 Å². The minimum Gasteiger partial charge on any atom is -0.327 e. The summed E-state index contributed by atoms with van der Waals surface area (Å²) in [5, 5.41) is 3.45. The SMILES string of the molecule is CC(c1ccc(Br)cc1)n1cncc1C1(C)CCNCC1. The number of halogens is 1. The van der Waals surface area contributed by atoms with E-state index in [9.17, 15) is 0 Å². The number of hydrogen-bond acceptors (Lipinski definition) is 2. The van der Waals surface area contributed by atoms with Crippen LogP contribution in [0.4, 0.5) is 0 Å². The average Bonchev–Trinajstić information content (AvgIpc) is 2.98. The standard InChI is InChI=1S/C17H22BrN3/c1-13(14-3-5-15(18)6-4-14)21-12-20-11-16(21)17(2)7-9-19-10-8-17/h3-6,11-13,19H,7-10H2,1-2H3. The summed E-state index contributed by atoms with van der Waals surface area (Å²) in [5.74, 6) is 0. The van der Waals surface area contributed by atoms with Gasteiger partial charge in [-0.15, -0.1) is 0 Å². The van der Waals surface area contributed by atoms with E-state index in [2.05, 4.69) is 75.1 Å². The van der Waals surface area contributed by atoms with E-state index in [4.69, 9.17) is 0 Å². The number of piperidine rings is 1. The largest absolute Gasteiger partial charge is 0.327 e. The molecule has 1 aliphatic rings. The summed E-state index contributed by atoms with van der Waals surface area (Å²) in [6, 6.07) is 8.89. The highest BCUT2D eigenvalue weighted by Crippen LogP contribution is 2.35. The maximum Gasteiger partial charge on any atom is 0.0954 e. The first-order chi connectivity index (χ1) is 10.1. The number of nitrogens with zero attached hydrogens (tertiary/aromatic N) is 2. The van der Waals surface area contributed by atoms with E-state index in [1.54, 1.807) is 0 Å². The molecule has 0 bridgehead atoms. The van der Waals surface area contributed by atoms with Crippen molar-refractivity contribution in [2.45, 2.75) is 38.1 Å². The Bertz CT molecular complexity index is 597. The first kappa shape index (κ1) is 14.8. The van der Waals surface area contributed by atoms with Crippen molar-refractivity contribution in [3.63, 3.8) is 0 Å². The molecular weight excluding hydrogens is 326 g/mol. The summed E-state index contributed by atoms with van der Waals surface area (Å²) in [6.07, 6.45) is 6.38. The van der Waals surface area contributed by atoms with Crippen molar-refractivity contribution in [3.05, 3.63) is 52.5 Å². The summed E-state index contributed by atoms with van der Waals surface area (Å²) in [5.41, 5.74) is 2.90. The number of hydrogen-bond donors (Lipinski definition) is 1. The Balaban J connectivity index is 1.93. The van der Waals surface area contributed by atoms with Gasteiger partial charge in [-0.3, -0.25) is 0 Å². The van der Waals surface area contributed by atoms with Crippen LogP contribution in [0.2, 0.25) is 0 Å². The summed E-state index contributed by atoms with van der Waals surface area (Å²) in [6.45, 7) is 6.80. The highest BCUT2D eigenvalue weighted by molar-refractivity contribution is 9.10. The van der Waals surface area contributed by atoms with Crippen LogP contribution in [0.5, 0.6) is 0 Å². The summed E-state index contributed by atoms with van der Waals surface area (Å²) in [7, 11) is 0. The molecule has 4 heteroatoms. The highest BCUT2D eigenvalue weighted by atomic mass is 79.9.